The summed E-state index contributed by atoms with van der Waals surface area (Å²) in [6.07, 6.45) is 3.49. The summed E-state index contributed by atoms with van der Waals surface area (Å²) < 4.78 is 0. The lowest BCUT2D eigenvalue weighted by molar-refractivity contribution is 0.102. The van der Waals surface area contributed by atoms with E-state index < -0.39 is 0 Å². The third-order valence-electron chi connectivity index (χ3n) is 4.97. The van der Waals surface area contributed by atoms with Gasteiger partial charge in [0.05, 0.1) is 0 Å². The van der Waals surface area contributed by atoms with Crippen molar-refractivity contribution in [1.29, 1.82) is 0 Å². The predicted molar refractivity (Wildman–Crippen MR) is 108 cm³/mol. The summed E-state index contributed by atoms with van der Waals surface area (Å²) in [7, 11) is 0. The second-order valence-electron chi connectivity index (χ2n) is 6.81. The Bertz CT molecular complexity index is 931. The highest BCUT2D eigenvalue weighted by Crippen LogP contribution is 2.25. The van der Waals surface area contributed by atoms with Gasteiger partial charge in [-0.25, -0.2) is 0 Å². The van der Waals surface area contributed by atoms with E-state index in [1.54, 1.807) is 24.3 Å². The minimum atomic E-state index is -0.129. The fourth-order valence-corrected chi connectivity index (χ4v) is 3.72. The van der Waals surface area contributed by atoms with Gasteiger partial charge < -0.3 is 10.6 Å². The quantitative estimate of drug-likeness (QED) is 0.680. The molecule has 132 valence electrons. The number of benzene rings is 3. The first-order valence-electron chi connectivity index (χ1n) is 9.01. The number of fused-ring (bicyclic) bond motifs is 1. The highest BCUT2D eigenvalue weighted by atomic mass is 35.5. The van der Waals surface area contributed by atoms with Gasteiger partial charge in [0, 0.05) is 22.3 Å². The fourth-order valence-electron chi connectivity index (χ4n) is 3.59. The molecule has 1 saturated heterocycles. The van der Waals surface area contributed by atoms with E-state index in [0.717, 1.165) is 18.7 Å². The van der Waals surface area contributed by atoms with Gasteiger partial charge in [0.25, 0.3) is 5.91 Å². The normalized spacial score (nSPS) is 16.7. The molecule has 1 amide bonds. The Kier molecular flexibility index (Phi) is 4.91. The topological polar surface area (TPSA) is 41.1 Å². The van der Waals surface area contributed by atoms with Gasteiger partial charge in [0.1, 0.15) is 0 Å². The lowest BCUT2D eigenvalue weighted by Gasteiger charge is -2.14. The molecular formula is C22H21ClN2O. The second-order valence-corrected chi connectivity index (χ2v) is 7.25. The maximum absolute atomic E-state index is 12.5. The zero-order valence-corrected chi connectivity index (χ0v) is 15.2. The predicted octanol–water partition coefficient (Wildman–Crippen LogP) is 5.04. The number of hydrogen-bond donors (Lipinski definition) is 2. The van der Waals surface area contributed by atoms with Crippen molar-refractivity contribution in [3.05, 3.63) is 76.8 Å². The average Bonchev–Trinajstić information content (AvgIpc) is 3.16. The van der Waals surface area contributed by atoms with Gasteiger partial charge in [-0.1, -0.05) is 35.9 Å². The molecule has 0 spiro atoms. The van der Waals surface area contributed by atoms with Crippen molar-refractivity contribution >= 4 is 34.0 Å². The smallest absolute Gasteiger partial charge is 0.255 e. The van der Waals surface area contributed by atoms with Gasteiger partial charge in [0.15, 0.2) is 0 Å². The molecule has 4 heteroatoms. The first kappa shape index (κ1) is 17.1. The largest absolute Gasteiger partial charge is 0.322 e. The molecule has 2 N–H and O–H groups in total. The van der Waals surface area contributed by atoms with E-state index in [2.05, 4.69) is 41.0 Å². The third kappa shape index (κ3) is 3.74. The van der Waals surface area contributed by atoms with Gasteiger partial charge in [-0.05, 0) is 78.5 Å². The maximum Gasteiger partial charge on any atom is 0.255 e. The van der Waals surface area contributed by atoms with E-state index >= 15 is 0 Å². The standard InChI is InChI=1S/C22H21ClN2O/c23-18-9-6-16(7-10-18)22(26)25-20-11-8-15-3-1-4-17(21(15)14-20)13-19-5-2-12-24-19/h1,3-4,6-11,14,19,24H,2,5,12-13H2,(H,25,26)/t19-/m1/s1. The molecule has 0 unspecified atom stereocenters. The SMILES string of the molecule is O=C(Nc1ccc2cccc(C[C@H]3CCCN3)c2c1)c1ccc(Cl)cc1. The van der Waals surface area contributed by atoms with Crippen molar-refractivity contribution in [3.8, 4) is 0 Å². The van der Waals surface area contributed by atoms with Crippen LogP contribution in [0.2, 0.25) is 5.02 Å². The van der Waals surface area contributed by atoms with Gasteiger partial charge in [-0.15, -0.1) is 0 Å². The minimum absolute atomic E-state index is 0.129. The molecule has 3 nitrogen and oxygen atoms in total. The molecule has 1 aliphatic rings. The van der Waals surface area contributed by atoms with Crippen LogP contribution in [0.1, 0.15) is 28.8 Å². The van der Waals surface area contributed by atoms with E-state index in [1.165, 1.54) is 29.2 Å². The Labute approximate surface area is 158 Å². The Morgan fingerprint density at radius 2 is 1.96 bits per heavy atom. The van der Waals surface area contributed by atoms with Gasteiger partial charge >= 0.3 is 0 Å². The second kappa shape index (κ2) is 7.48. The highest BCUT2D eigenvalue weighted by Gasteiger charge is 2.16. The van der Waals surface area contributed by atoms with Gasteiger partial charge in [-0.2, -0.15) is 0 Å². The summed E-state index contributed by atoms with van der Waals surface area (Å²) in [5.74, 6) is -0.129. The average molecular weight is 365 g/mol. The molecule has 3 aromatic rings. The minimum Gasteiger partial charge on any atom is -0.322 e. The van der Waals surface area contributed by atoms with Crippen LogP contribution in [-0.2, 0) is 6.42 Å². The van der Waals surface area contributed by atoms with Crippen molar-refractivity contribution in [3.63, 3.8) is 0 Å². The van der Waals surface area contributed by atoms with Crippen molar-refractivity contribution in [2.75, 3.05) is 11.9 Å². The molecule has 1 fully saturated rings. The molecule has 0 aliphatic carbocycles. The first-order valence-corrected chi connectivity index (χ1v) is 9.39. The number of hydrogen-bond acceptors (Lipinski definition) is 2. The molecule has 4 rings (SSSR count). The number of amides is 1. The molecule has 1 heterocycles. The van der Waals surface area contributed by atoms with Crippen LogP contribution in [-0.4, -0.2) is 18.5 Å². The molecule has 0 bridgehead atoms. The van der Waals surface area contributed by atoms with Crippen LogP contribution in [0.3, 0.4) is 0 Å². The Morgan fingerprint density at radius 1 is 1.12 bits per heavy atom. The zero-order valence-electron chi connectivity index (χ0n) is 14.5. The first-order chi connectivity index (χ1) is 12.7. The van der Waals surface area contributed by atoms with E-state index in [0.29, 0.717) is 16.6 Å². The summed E-state index contributed by atoms with van der Waals surface area (Å²) in [5.41, 5.74) is 2.73. The zero-order chi connectivity index (χ0) is 17.9. The number of halogens is 1. The van der Waals surface area contributed by atoms with E-state index in [1.807, 2.05) is 6.07 Å². The third-order valence-corrected chi connectivity index (χ3v) is 5.22. The van der Waals surface area contributed by atoms with Crippen LogP contribution in [0, 0.1) is 0 Å². The molecule has 0 radical (unpaired) electrons. The molecule has 1 aliphatic heterocycles. The summed E-state index contributed by atoms with van der Waals surface area (Å²) in [4.78, 5) is 12.5. The van der Waals surface area contributed by atoms with E-state index in [4.69, 9.17) is 11.6 Å². The van der Waals surface area contributed by atoms with Crippen molar-refractivity contribution in [2.45, 2.75) is 25.3 Å². The van der Waals surface area contributed by atoms with Crippen LogP contribution in [0.15, 0.2) is 60.7 Å². The summed E-state index contributed by atoms with van der Waals surface area (Å²) >= 11 is 5.89. The van der Waals surface area contributed by atoms with Crippen LogP contribution in [0.5, 0.6) is 0 Å². The lowest BCUT2D eigenvalue weighted by atomic mass is 9.97. The van der Waals surface area contributed by atoms with Crippen LogP contribution >= 0.6 is 11.6 Å². The summed E-state index contributed by atoms with van der Waals surface area (Å²) in [6.45, 7) is 1.11. The fraction of sp³-hybridized carbons (Fsp3) is 0.227. The molecule has 0 saturated carbocycles. The molecule has 0 aromatic heterocycles. The molecular weight excluding hydrogens is 344 g/mol. The van der Waals surface area contributed by atoms with Gasteiger partial charge in [-0.3, -0.25) is 4.79 Å². The van der Waals surface area contributed by atoms with Crippen molar-refractivity contribution < 1.29 is 4.79 Å². The van der Waals surface area contributed by atoms with Crippen LogP contribution in [0.25, 0.3) is 10.8 Å². The lowest BCUT2D eigenvalue weighted by Crippen LogP contribution is -2.23. The molecule has 26 heavy (non-hydrogen) atoms. The maximum atomic E-state index is 12.5. The van der Waals surface area contributed by atoms with Crippen molar-refractivity contribution in [1.82, 2.24) is 5.32 Å². The monoisotopic (exact) mass is 364 g/mol. The van der Waals surface area contributed by atoms with E-state index in [-0.39, 0.29) is 5.91 Å². The van der Waals surface area contributed by atoms with Crippen LogP contribution in [0.4, 0.5) is 5.69 Å². The van der Waals surface area contributed by atoms with Crippen LogP contribution < -0.4 is 10.6 Å². The summed E-state index contributed by atoms with van der Waals surface area (Å²) in [6, 6.07) is 20.0. The number of rotatable bonds is 4. The molecule has 3 aromatic carbocycles. The van der Waals surface area contributed by atoms with E-state index in [9.17, 15) is 4.79 Å². The number of anilines is 1. The number of nitrogens with one attached hydrogen (secondary N) is 2. The molecule has 1 atom stereocenters. The Balaban J connectivity index is 1.59. The Morgan fingerprint density at radius 3 is 2.73 bits per heavy atom. The Hall–Kier alpha value is -2.36. The summed E-state index contributed by atoms with van der Waals surface area (Å²) in [5, 5.41) is 9.58. The van der Waals surface area contributed by atoms with Gasteiger partial charge in [0.2, 0.25) is 0 Å². The number of carbonyl (C=O) groups excluding carboxylic acids is 1. The highest BCUT2D eigenvalue weighted by molar-refractivity contribution is 6.30. The van der Waals surface area contributed by atoms with Crippen molar-refractivity contribution in [2.24, 2.45) is 0 Å². The number of carbonyl (C=O) groups is 1.